The zero-order valence-corrected chi connectivity index (χ0v) is 14.4. The highest BCUT2D eigenvalue weighted by atomic mass is 15.3. The summed E-state index contributed by atoms with van der Waals surface area (Å²) in [6.07, 6.45) is 2.54. The van der Waals surface area contributed by atoms with Gasteiger partial charge in [0, 0.05) is 38.4 Å². The maximum atomic E-state index is 4.83. The highest BCUT2D eigenvalue weighted by Crippen LogP contribution is 2.23. The molecule has 1 fully saturated rings. The molecule has 4 heteroatoms. The molecule has 0 N–H and O–H groups in total. The smallest absolute Gasteiger partial charge is 0.227 e. The van der Waals surface area contributed by atoms with E-state index in [1.807, 2.05) is 6.07 Å². The first-order chi connectivity index (χ1) is 11.1. The molecule has 0 bridgehead atoms. The fraction of sp³-hybridized carbons (Fsp3) is 0.474. The topological polar surface area (TPSA) is 32.3 Å². The molecule has 122 valence electrons. The monoisotopic (exact) mass is 310 g/mol. The Bertz CT molecular complexity index is 641. The third-order valence-electron chi connectivity index (χ3n) is 4.42. The molecule has 1 aromatic carbocycles. The molecule has 1 atom stereocenters. The van der Waals surface area contributed by atoms with E-state index in [1.54, 1.807) is 0 Å². The van der Waals surface area contributed by atoms with E-state index in [0.29, 0.717) is 0 Å². The Hall–Kier alpha value is -2.10. The molecule has 1 aliphatic rings. The molecule has 1 saturated heterocycles. The molecule has 1 aliphatic heterocycles. The van der Waals surface area contributed by atoms with Crippen molar-refractivity contribution in [2.75, 3.05) is 29.9 Å². The summed E-state index contributed by atoms with van der Waals surface area (Å²) >= 11 is 0. The van der Waals surface area contributed by atoms with Crippen LogP contribution in [0.15, 0.2) is 36.4 Å². The van der Waals surface area contributed by atoms with Crippen molar-refractivity contribution in [2.24, 2.45) is 5.92 Å². The van der Waals surface area contributed by atoms with Gasteiger partial charge in [0.15, 0.2) is 0 Å². The van der Waals surface area contributed by atoms with Gasteiger partial charge in [0.25, 0.3) is 0 Å². The Labute approximate surface area is 139 Å². The van der Waals surface area contributed by atoms with Gasteiger partial charge in [0.2, 0.25) is 5.95 Å². The Morgan fingerprint density at radius 1 is 1.22 bits per heavy atom. The van der Waals surface area contributed by atoms with Crippen molar-refractivity contribution >= 4 is 11.8 Å². The first-order valence-electron chi connectivity index (χ1n) is 8.47. The summed E-state index contributed by atoms with van der Waals surface area (Å²) in [5, 5.41) is 0. The Morgan fingerprint density at radius 2 is 2.00 bits per heavy atom. The fourth-order valence-corrected chi connectivity index (χ4v) is 3.18. The number of hydrogen-bond acceptors (Lipinski definition) is 4. The molecule has 2 heterocycles. The summed E-state index contributed by atoms with van der Waals surface area (Å²) in [5.74, 6) is 2.60. The third-order valence-corrected chi connectivity index (χ3v) is 4.42. The van der Waals surface area contributed by atoms with Crippen molar-refractivity contribution in [1.82, 2.24) is 9.97 Å². The second kappa shape index (κ2) is 6.99. The minimum atomic E-state index is 0.721. The van der Waals surface area contributed by atoms with E-state index in [-0.39, 0.29) is 0 Å². The molecule has 1 aromatic heterocycles. The van der Waals surface area contributed by atoms with Crippen molar-refractivity contribution in [3.05, 3.63) is 47.7 Å². The van der Waals surface area contributed by atoms with Crippen molar-refractivity contribution in [1.29, 1.82) is 0 Å². The van der Waals surface area contributed by atoms with Crippen LogP contribution in [0.2, 0.25) is 0 Å². The minimum absolute atomic E-state index is 0.721. The maximum absolute atomic E-state index is 4.83. The molecule has 0 radical (unpaired) electrons. The molecule has 0 spiro atoms. The number of nitrogens with zero attached hydrogens (tertiary/aromatic N) is 4. The summed E-state index contributed by atoms with van der Waals surface area (Å²) in [6.45, 7) is 7.34. The quantitative estimate of drug-likeness (QED) is 0.863. The molecule has 0 saturated carbocycles. The van der Waals surface area contributed by atoms with Crippen LogP contribution in [0.1, 0.15) is 31.0 Å². The zero-order chi connectivity index (χ0) is 16.2. The Morgan fingerprint density at radius 3 is 2.74 bits per heavy atom. The van der Waals surface area contributed by atoms with Gasteiger partial charge >= 0.3 is 0 Å². The molecular formula is C19H26N4. The standard InChI is InChI=1S/C19H26N4/c1-15-8-7-11-23(13-15)19-20-16(2)12-18(21-19)22(3)14-17-9-5-4-6-10-17/h4-6,9-10,12,15H,7-8,11,13-14H2,1-3H3. The normalized spacial score (nSPS) is 18.0. The number of benzene rings is 1. The van der Waals surface area contributed by atoms with Gasteiger partial charge < -0.3 is 9.80 Å². The predicted octanol–water partition coefficient (Wildman–Crippen LogP) is 3.66. The van der Waals surface area contributed by atoms with E-state index in [9.17, 15) is 0 Å². The number of rotatable bonds is 4. The summed E-state index contributed by atoms with van der Waals surface area (Å²) in [7, 11) is 2.09. The fourth-order valence-electron chi connectivity index (χ4n) is 3.18. The number of anilines is 2. The van der Waals surface area contributed by atoms with Crippen LogP contribution in [0, 0.1) is 12.8 Å². The van der Waals surface area contributed by atoms with E-state index in [1.165, 1.54) is 18.4 Å². The number of aryl methyl sites for hydroxylation is 1. The molecule has 2 aromatic rings. The summed E-state index contributed by atoms with van der Waals surface area (Å²) < 4.78 is 0. The van der Waals surface area contributed by atoms with E-state index in [2.05, 4.69) is 66.0 Å². The van der Waals surface area contributed by atoms with Crippen LogP contribution in [-0.4, -0.2) is 30.1 Å². The largest absolute Gasteiger partial charge is 0.355 e. The second-order valence-electron chi connectivity index (χ2n) is 6.70. The van der Waals surface area contributed by atoms with Gasteiger partial charge in [0.05, 0.1) is 0 Å². The van der Waals surface area contributed by atoms with Crippen molar-refractivity contribution < 1.29 is 0 Å². The van der Waals surface area contributed by atoms with E-state index >= 15 is 0 Å². The SMILES string of the molecule is Cc1cc(N(C)Cc2ccccc2)nc(N2CCCC(C)C2)n1. The van der Waals surface area contributed by atoms with Crippen LogP contribution < -0.4 is 9.80 Å². The van der Waals surface area contributed by atoms with Gasteiger partial charge in [-0.1, -0.05) is 37.3 Å². The molecule has 23 heavy (non-hydrogen) atoms. The van der Waals surface area contributed by atoms with Crippen LogP contribution >= 0.6 is 0 Å². The van der Waals surface area contributed by atoms with Crippen molar-refractivity contribution in [2.45, 2.75) is 33.2 Å². The lowest BCUT2D eigenvalue weighted by molar-refractivity contribution is 0.442. The first-order valence-corrected chi connectivity index (χ1v) is 8.47. The van der Waals surface area contributed by atoms with E-state index in [4.69, 9.17) is 4.98 Å². The highest BCUT2D eigenvalue weighted by molar-refractivity contribution is 5.46. The Kier molecular flexibility index (Phi) is 4.79. The molecule has 3 rings (SSSR count). The lowest BCUT2D eigenvalue weighted by atomic mass is 10.0. The van der Waals surface area contributed by atoms with Gasteiger partial charge in [-0.05, 0) is 31.2 Å². The van der Waals surface area contributed by atoms with E-state index < -0.39 is 0 Å². The third kappa shape index (κ3) is 4.01. The minimum Gasteiger partial charge on any atom is -0.355 e. The molecule has 4 nitrogen and oxygen atoms in total. The maximum Gasteiger partial charge on any atom is 0.227 e. The van der Waals surface area contributed by atoms with Gasteiger partial charge in [0.1, 0.15) is 5.82 Å². The van der Waals surface area contributed by atoms with Crippen LogP contribution in [0.5, 0.6) is 0 Å². The summed E-state index contributed by atoms with van der Waals surface area (Å²) in [4.78, 5) is 14.0. The summed E-state index contributed by atoms with van der Waals surface area (Å²) in [5.41, 5.74) is 2.32. The lowest BCUT2D eigenvalue weighted by Gasteiger charge is -2.31. The molecular weight excluding hydrogens is 284 g/mol. The first kappa shape index (κ1) is 15.8. The van der Waals surface area contributed by atoms with Gasteiger partial charge in [-0.25, -0.2) is 4.98 Å². The molecule has 0 amide bonds. The van der Waals surface area contributed by atoms with Crippen molar-refractivity contribution in [3.63, 3.8) is 0 Å². The second-order valence-corrected chi connectivity index (χ2v) is 6.70. The van der Waals surface area contributed by atoms with E-state index in [0.717, 1.165) is 43.0 Å². The van der Waals surface area contributed by atoms with Crippen molar-refractivity contribution in [3.8, 4) is 0 Å². The van der Waals surface area contributed by atoms with Gasteiger partial charge in [-0.3, -0.25) is 0 Å². The van der Waals surface area contributed by atoms with Crippen LogP contribution in [0.4, 0.5) is 11.8 Å². The average Bonchev–Trinajstić information content (AvgIpc) is 2.55. The van der Waals surface area contributed by atoms with Crippen LogP contribution in [0.3, 0.4) is 0 Å². The van der Waals surface area contributed by atoms with Gasteiger partial charge in [-0.2, -0.15) is 4.98 Å². The zero-order valence-electron chi connectivity index (χ0n) is 14.4. The van der Waals surface area contributed by atoms with Crippen LogP contribution in [0.25, 0.3) is 0 Å². The average molecular weight is 310 g/mol. The Balaban J connectivity index is 1.79. The number of piperidine rings is 1. The summed E-state index contributed by atoms with van der Waals surface area (Å²) in [6, 6.07) is 12.6. The molecule has 0 aliphatic carbocycles. The predicted molar refractivity (Wildman–Crippen MR) is 95.9 cm³/mol. The molecule has 1 unspecified atom stereocenters. The van der Waals surface area contributed by atoms with Crippen LogP contribution in [-0.2, 0) is 6.54 Å². The highest BCUT2D eigenvalue weighted by Gasteiger charge is 2.19. The number of aromatic nitrogens is 2. The van der Waals surface area contributed by atoms with Gasteiger partial charge in [-0.15, -0.1) is 0 Å². The number of hydrogen-bond donors (Lipinski definition) is 0. The lowest BCUT2D eigenvalue weighted by Crippen LogP contribution is -2.36.